The lowest BCUT2D eigenvalue weighted by Crippen LogP contribution is -2.14. The van der Waals surface area contributed by atoms with E-state index in [2.05, 4.69) is 9.88 Å². The summed E-state index contributed by atoms with van der Waals surface area (Å²) in [7, 11) is -1.03. The van der Waals surface area contributed by atoms with Gasteiger partial charge in [0.05, 0.1) is 19.6 Å². The van der Waals surface area contributed by atoms with Crippen molar-refractivity contribution in [2.45, 2.75) is 11.8 Å². The van der Waals surface area contributed by atoms with Gasteiger partial charge < -0.3 is 14.0 Å². The third-order valence-electron chi connectivity index (χ3n) is 3.52. The first-order valence-electron chi connectivity index (χ1n) is 7.05. The minimum Gasteiger partial charge on any atom is -0.497 e. The molecule has 3 aromatic rings. The normalized spacial score (nSPS) is 11.5. The van der Waals surface area contributed by atoms with E-state index in [1.165, 1.54) is 26.4 Å². The molecule has 0 spiro atoms. The first-order chi connectivity index (χ1) is 11.4. The molecule has 0 saturated carbocycles. The molecule has 0 aliphatic heterocycles. The number of nitrogens with one attached hydrogen (secondary N) is 1. The van der Waals surface area contributed by atoms with Gasteiger partial charge in [-0.15, -0.1) is 0 Å². The maximum atomic E-state index is 12.7. The molecular formula is C16H16N2O5S. The van der Waals surface area contributed by atoms with Crippen LogP contribution in [0.15, 0.2) is 45.8 Å². The van der Waals surface area contributed by atoms with Gasteiger partial charge in [0.1, 0.15) is 16.4 Å². The molecule has 126 valence electrons. The Labute approximate surface area is 139 Å². The maximum absolute atomic E-state index is 12.7. The quantitative estimate of drug-likeness (QED) is 0.762. The number of anilines is 1. The van der Waals surface area contributed by atoms with E-state index < -0.39 is 10.0 Å². The smallest absolute Gasteiger partial charge is 0.266 e. The molecular weight excluding hydrogens is 332 g/mol. The lowest BCUT2D eigenvalue weighted by molar-refractivity contribution is 0.386. The minimum absolute atomic E-state index is 0.0189. The van der Waals surface area contributed by atoms with Crippen LogP contribution in [0.1, 0.15) is 5.56 Å². The molecule has 2 aromatic carbocycles. The van der Waals surface area contributed by atoms with Crippen LogP contribution in [0.25, 0.3) is 11.0 Å². The Bertz CT molecular complexity index is 995. The number of hydrogen-bond donors (Lipinski definition) is 1. The Balaban J connectivity index is 2.03. The maximum Gasteiger partial charge on any atom is 0.266 e. The van der Waals surface area contributed by atoms with Crippen LogP contribution in [0.2, 0.25) is 0 Å². The molecule has 0 aliphatic rings. The van der Waals surface area contributed by atoms with Gasteiger partial charge in [0.25, 0.3) is 10.0 Å². The second kappa shape index (κ2) is 6.04. The fourth-order valence-corrected chi connectivity index (χ4v) is 3.47. The standard InChI is InChI=1S/C16H16N2O5S/c1-10-4-6-13-12(8-10)16(17-23-13)18-24(19,20)15-7-5-11(21-2)9-14(15)22-3/h4-9H,1-3H3,(H,17,18). The van der Waals surface area contributed by atoms with E-state index in [4.69, 9.17) is 14.0 Å². The monoisotopic (exact) mass is 348 g/mol. The van der Waals surface area contributed by atoms with Gasteiger partial charge in [-0.25, -0.2) is 8.42 Å². The molecule has 0 fully saturated rings. The van der Waals surface area contributed by atoms with Crippen LogP contribution < -0.4 is 14.2 Å². The third-order valence-corrected chi connectivity index (χ3v) is 4.90. The van der Waals surface area contributed by atoms with Crippen molar-refractivity contribution >= 4 is 26.8 Å². The molecule has 1 heterocycles. The highest BCUT2D eigenvalue weighted by Crippen LogP contribution is 2.31. The summed E-state index contributed by atoms with van der Waals surface area (Å²) >= 11 is 0. The molecule has 7 nitrogen and oxygen atoms in total. The van der Waals surface area contributed by atoms with Crippen molar-refractivity contribution in [3.05, 3.63) is 42.0 Å². The zero-order valence-electron chi connectivity index (χ0n) is 13.4. The molecule has 0 radical (unpaired) electrons. The highest BCUT2D eigenvalue weighted by molar-refractivity contribution is 7.92. The number of nitrogens with zero attached hydrogens (tertiary/aromatic N) is 1. The highest BCUT2D eigenvalue weighted by atomic mass is 32.2. The Kier molecular flexibility index (Phi) is 4.06. The van der Waals surface area contributed by atoms with Crippen molar-refractivity contribution < 1.29 is 22.4 Å². The topological polar surface area (TPSA) is 90.7 Å². The van der Waals surface area contributed by atoms with Gasteiger partial charge in [0, 0.05) is 6.07 Å². The molecule has 1 N–H and O–H groups in total. The molecule has 0 unspecified atom stereocenters. The van der Waals surface area contributed by atoms with Crippen molar-refractivity contribution in [2.24, 2.45) is 0 Å². The number of rotatable bonds is 5. The van der Waals surface area contributed by atoms with Crippen molar-refractivity contribution in [3.8, 4) is 11.5 Å². The van der Waals surface area contributed by atoms with E-state index in [0.29, 0.717) is 16.7 Å². The van der Waals surface area contributed by atoms with Crippen LogP contribution in [0.3, 0.4) is 0 Å². The number of hydrogen-bond acceptors (Lipinski definition) is 6. The summed E-state index contributed by atoms with van der Waals surface area (Å²) in [6, 6.07) is 9.85. The summed E-state index contributed by atoms with van der Waals surface area (Å²) in [5, 5.41) is 4.39. The predicted molar refractivity (Wildman–Crippen MR) is 89.1 cm³/mol. The van der Waals surface area contributed by atoms with Gasteiger partial charge in [-0.1, -0.05) is 16.8 Å². The Morgan fingerprint density at radius 2 is 1.88 bits per heavy atom. The SMILES string of the molecule is COc1ccc(S(=O)(=O)Nc2noc3ccc(C)cc23)c(OC)c1. The van der Waals surface area contributed by atoms with E-state index in [9.17, 15) is 8.42 Å². The average molecular weight is 348 g/mol. The predicted octanol–water partition coefficient (Wildman–Crippen LogP) is 2.95. The van der Waals surface area contributed by atoms with Crippen LogP contribution in [-0.4, -0.2) is 27.8 Å². The highest BCUT2D eigenvalue weighted by Gasteiger charge is 2.23. The lowest BCUT2D eigenvalue weighted by Gasteiger charge is -2.11. The molecule has 0 amide bonds. The van der Waals surface area contributed by atoms with Crippen molar-refractivity contribution in [1.29, 1.82) is 0 Å². The number of aryl methyl sites for hydroxylation is 1. The Morgan fingerprint density at radius 3 is 2.58 bits per heavy atom. The summed E-state index contributed by atoms with van der Waals surface area (Å²) in [5.74, 6) is 0.797. The first-order valence-corrected chi connectivity index (χ1v) is 8.54. The first kappa shape index (κ1) is 16.1. The number of aromatic nitrogens is 1. The largest absolute Gasteiger partial charge is 0.497 e. The van der Waals surface area contributed by atoms with Gasteiger partial charge in [-0.3, -0.25) is 4.72 Å². The fourth-order valence-electron chi connectivity index (χ4n) is 2.31. The number of ether oxygens (including phenoxy) is 2. The summed E-state index contributed by atoms with van der Waals surface area (Å²) in [5.41, 5.74) is 1.47. The summed E-state index contributed by atoms with van der Waals surface area (Å²) in [6.45, 7) is 1.90. The van der Waals surface area contributed by atoms with E-state index in [1.54, 1.807) is 18.2 Å². The number of benzene rings is 2. The van der Waals surface area contributed by atoms with Crippen LogP contribution >= 0.6 is 0 Å². The molecule has 1 aromatic heterocycles. The van der Waals surface area contributed by atoms with Crippen molar-refractivity contribution in [1.82, 2.24) is 5.16 Å². The summed E-state index contributed by atoms with van der Waals surface area (Å²) < 4.78 is 43.2. The molecule has 0 atom stereocenters. The molecule has 0 bridgehead atoms. The molecule has 24 heavy (non-hydrogen) atoms. The van der Waals surface area contributed by atoms with Crippen molar-refractivity contribution in [2.75, 3.05) is 18.9 Å². The number of sulfonamides is 1. The summed E-state index contributed by atoms with van der Waals surface area (Å²) in [6.07, 6.45) is 0. The van der Waals surface area contributed by atoms with Crippen LogP contribution in [0.5, 0.6) is 11.5 Å². The Hall–Kier alpha value is -2.74. The van der Waals surface area contributed by atoms with Gasteiger partial charge in [0.2, 0.25) is 0 Å². The molecule has 3 rings (SSSR count). The number of fused-ring (bicyclic) bond motifs is 1. The van der Waals surface area contributed by atoms with Crippen LogP contribution in [0.4, 0.5) is 5.82 Å². The molecule has 0 aliphatic carbocycles. The number of methoxy groups -OCH3 is 2. The molecule has 0 saturated heterocycles. The minimum atomic E-state index is -3.91. The second-order valence-corrected chi connectivity index (χ2v) is 6.80. The van der Waals surface area contributed by atoms with Crippen molar-refractivity contribution in [3.63, 3.8) is 0 Å². The second-order valence-electron chi connectivity index (χ2n) is 5.15. The van der Waals surface area contributed by atoms with Crippen LogP contribution in [-0.2, 0) is 10.0 Å². The average Bonchev–Trinajstić information content (AvgIpc) is 2.95. The van der Waals surface area contributed by atoms with Gasteiger partial charge >= 0.3 is 0 Å². The Morgan fingerprint density at radius 1 is 1.08 bits per heavy atom. The van der Waals surface area contributed by atoms with E-state index in [0.717, 1.165) is 5.56 Å². The summed E-state index contributed by atoms with van der Waals surface area (Å²) in [4.78, 5) is -0.0189. The molecule has 8 heteroatoms. The fraction of sp³-hybridized carbons (Fsp3) is 0.188. The van der Waals surface area contributed by atoms with E-state index in [1.807, 2.05) is 13.0 Å². The zero-order chi connectivity index (χ0) is 17.3. The van der Waals surface area contributed by atoms with Gasteiger partial charge in [-0.2, -0.15) is 0 Å². The zero-order valence-corrected chi connectivity index (χ0v) is 14.2. The lowest BCUT2D eigenvalue weighted by atomic mass is 10.2. The van der Waals surface area contributed by atoms with E-state index >= 15 is 0 Å². The van der Waals surface area contributed by atoms with Gasteiger partial charge in [-0.05, 0) is 31.2 Å². The van der Waals surface area contributed by atoms with Gasteiger partial charge in [0.15, 0.2) is 11.4 Å². The van der Waals surface area contributed by atoms with Crippen LogP contribution in [0, 0.1) is 6.92 Å². The van der Waals surface area contributed by atoms with E-state index in [-0.39, 0.29) is 16.5 Å². The third kappa shape index (κ3) is 2.88.